The van der Waals surface area contributed by atoms with Gasteiger partial charge in [-0.15, -0.1) is 0 Å². The van der Waals surface area contributed by atoms with Crippen LogP contribution in [0.1, 0.15) is 52.0 Å². The summed E-state index contributed by atoms with van der Waals surface area (Å²) >= 11 is 0. The van der Waals surface area contributed by atoms with Crippen molar-refractivity contribution in [3.8, 4) is 0 Å². The maximum absolute atomic E-state index is 12.3. The molecule has 1 aliphatic rings. The number of fused-ring (bicyclic) bond motifs is 1. The Hall–Kier alpha value is -2.17. The van der Waals surface area contributed by atoms with E-state index < -0.39 is 0 Å². The smallest absolute Gasteiger partial charge is 0.260 e. The Bertz CT molecular complexity index is 774. The molecule has 2 aromatic rings. The topological polar surface area (TPSA) is 64.0 Å². The molecule has 1 N–H and O–H groups in total. The third kappa shape index (κ3) is 3.60. The number of rotatable bonds is 3. The van der Waals surface area contributed by atoms with Gasteiger partial charge in [0.15, 0.2) is 0 Å². The maximum Gasteiger partial charge on any atom is 0.260 e. The van der Waals surface area contributed by atoms with Crippen LogP contribution in [-0.2, 0) is 11.8 Å². The molecule has 0 spiro atoms. The standard InChI is InChI=1S/C16H19N3O2.C2H6/c1-9(2)11-8-13(18-15(20)10-4-5-10)17-12-6-7-19(3)16(21)14(11)12;1-2/h6-10H,4-5H2,1-3H3,(H,17,18,20);1-2H3. The molecule has 0 aliphatic heterocycles. The van der Waals surface area contributed by atoms with Gasteiger partial charge in [-0.25, -0.2) is 4.98 Å². The molecule has 1 aliphatic carbocycles. The number of carbonyl (C=O) groups is 1. The van der Waals surface area contributed by atoms with Crippen LogP contribution in [0.4, 0.5) is 5.82 Å². The van der Waals surface area contributed by atoms with Crippen molar-refractivity contribution in [2.45, 2.75) is 46.5 Å². The molecule has 1 amide bonds. The molecule has 124 valence electrons. The molecular weight excluding hydrogens is 290 g/mol. The second kappa shape index (κ2) is 6.94. The monoisotopic (exact) mass is 315 g/mol. The number of pyridine rings is 2. The van der Waals surface area contributed by atoms with Crippen LogP contribution in [0.3, 0.4) is 0 Å². The third-order valence-corrected chi connectivity index (χ3v) is 3.89. The van der Waals surface area contributed by atoms with Crippen molar-refractivity contribution in [2.24, 2.45) is 13.0 Å². The number of aryl methyl sites for hydroxylation is 1. The minimum Gasteiger partial charge on any atom is -0.318 e. The maximum atomic E-state index is 12.3. The van der Waals surface area contributed by atoms with Gasteiger partial charge >= 0.3 is 0 Å². The van der Waals surface area contributed by atoms with Crippen LogP contribution in [0.2, 0.25) is 0 Å². The number of amides is 1. The zero-order chi connectivity index (χ0) is 17.1. The molecule has 0 saturated heterocycles. The molecule has 0 bridgehead atoms. The fourth-order valence-corrected chi connectivity index (χ4v) is 2.46. The van der Waals surface area contributed by atoms with Gasteiger partial charge in [-0.3, -0.25) is 9.59 Å². The number of anilines is 1. The summed E-state index contributed by atoms with van der Waals surface area (Å²) in [6.07, 6.45) is 3.61. The highest BCUT2D eigenvalue weighted by Crippen LogP contribution is 2.31. The molecule has 2 aromatic heterocycles. The predicted molar refractivity (Wildman–Crippen MR) is 93.8 cm³/mol. The minimum absolute atomic E-state index is 0.0281. The predicted octanol–water partition coefficient (Wildman–Crippen LogP) is 3.43. The third-order valence-electron chi connectivity index (χ3n) is 3.89. The van der Waals surface area contributed by atoms with Crippen molar-refractivity contribution in [2.75, 3.05) is 5.32 Å². The summed E-state index contributed by atoms with van der Waals surface area (Å²) in [6.45, 7) is 8.07. The molecule has 1 fully saturated rings. The molecule has 5 heteroatoms. The van der Waals surface area contributed by atoms with Crippen LogP contribution in [0.25, 0.3) is 10.9 Å². The van der Waals surface area contributed by atoms with Crippen LogP contribution >= 0.6 is 0 Å². The van der Waals surface area contributed by atoms with E-state index in [2.05, 4.69) is 10.3 Å². The van der Waals surface area contributed by atoms with Gasteiger partial charge in [0.1, 0.15) is 5.82 Å². The lowest BCUT2D eigenvalue weighted by Gasteiger charge is -2.13. The molecule has 0 radical (unpaired) electrons. The van der Waals surface area contributed by atoms with Crippen molar-refractivity contribution in [3.63, 3.8) is 0 Å². The highest BCUT2D eigenvalue weighted by molar-refractivity contribution is 5.95. The van der Waals surface area contributed by atoms with Gasteiger partial charge in [-0.2, -0.15) is 0 Å². The average molecular weight is 315 g/mol. The van der Waals surface area contributed by atoms with Crippen LogP contribution in [0, 0.1) is 5.92 Å². The Balaban J connectivity index is 0.000000924. The zero-order valence-corrected chi connectivity index (χ0v) is 14.5. The van der Waals surface area contributed by atoms with E-state index in [0.29, 0.717) is 16.7 Å². The van der Waals surface area contributed by atoms with E-state index in [0.717, 1.165) is 18.4 Å². The van der Waals surface area contributed by atoms with Crippen LogP contribution in [0.5, 0.6) is 0 Å². The molecule has 0 aromatic carbocycles. The highest BCUT2D eigenvalue weighted by Gasteiger charge is 2.30. The SMILES string of the molecule is CC.CC(C)c1cc(NC(=O)C2CC2)nc2ccn(C)c(=O)c12. The Morgan fingerprint density at radius 1 is 1.35 bits per heavy atom. The first-order chi connectivity index (χ1) is 11.0. The molecule has 0 unspecified atom stereocenters. The zero-order valence-electron chi connectivity index (χ0n) is 14.5. The first-order valence-electron chi connectivity index (χ1n) is 8.28. The van der Waals surface area contributed by atoms with Crippen molar-refractivity contribution >= 4 is 22.6 Å². The Morgan fingerprint density at radius 2 is 2.00 bits per heavy atom. The normalized spacial score (nSPS) is 13.7. The van der Waals surface area contributed by atoms with Gasteiger partial charge in [-0.05, 0) is 36.5 Å². The second-order valence-corrected chi connectivity index (χ2v) is 6.01. The number of nitrogens with zero attached hydrogens (tertiary/aromatic N) is 2. The number of carbonyl (C=O) groups excluding carboxylic acids is 1. The van der Waals surface area contributed by atoms with E-state index in [1.165, 1.54) is 0 Å². The van der Waals surface area contributed by atoms with Gasteiger partial charge < -0.3 is 9.88 Å². The summed E-state index contributed by atoms with van der Waals surface area (Å²) in [4.78, 5) is 28.7. The van der Waals surface area contributed by atoms with Gasteiger partial charge in [0.2, 0.25) is 5.91 Å². The number of aromatic nitrogens is 2. The van der Waals surface area contributed by atoms with Crippen LogP contribution in [-0.4, -0.2) is 15.5 Å². The van der Waals surface area contributed by atoms with Crippen molar-refractivity contribution < 1.29 is 4.79 Å². The van der Waals surface area contributed by atoms with E-state index in [4.69, 9.17) is 0 Å². The fourth-order valence-electron chi connectivity index (χ4n) is 2.46. The quantitative estimate of drug-likeness (QED) is 0.943. The largest absolute Gasteiger partial charge is 0.318 e. The number of hydrogen-bond donors (Lipinski definition) is 1. The fraction of sp³-hybridized carbons (Fsp3) is 0.500. The van der Waals surface area contributed by atoms with Gasteiger partial charge in [-0.1, -0.05) is 27.7 Å². The molecule has 3 rings (SSSR count). The molecule has 0 atom stereocenters. The summed E-state index contributed by atoms with van der Waals surface area (Å²) in [5.74, 6) is 0.882. The lowest BCUT2D eigenvalue weighted by Crippen LogP contribution is -2.19. The lowest BCUT2D eigenvalue weighted by molar-refractivity contribution is -0.117. The summed E-state index contributed by atoms with van der Waals surface area (Å²) in [5, 5.41) is 3.50. The van der Waals surface area contributed by atoms with E-state index >= 15 is 0 Å². The van der Waals surface area contributed by atoms with E-state index in [-0.39, 0.29) is 23.3 Å². The summed E-state index contributed by atoms with van der Waals surface area (Å²) < 4.78 is 1.55. The lowest BCUT2D eigenvalue weighted by atomic mass is 9.99. The van der Waals surface area contributed by atoms with Crippen LogP contribution in [0.15, 0.2) is 23.1 Å². The Labute approximate surface area is 136 Å². The molecular formula is C18H25N3O2. The average Bonchev–Trinajstić information content (AvgIpc) is 3.37. The van der Waals surface area contributed by atoms with Crippen LogP contribution < -0.4 is 10.9 Å². The first kappa shape index (κ1) is 17.2. The Kier molecular flexibility index (Phi) is 5.19. The molecule has 23 heavy (non-hydrogen) atoms. The molecule has 2 heterocycles. The van der Waals surface area contributed by atoms with E-state index in [1.54, 1.807) is 17.8 Å². The van der Waals surface area contributed by atoms with Gasteiger partial charge in [0.25, 0.3) is 5.56 Å². The Morgan fingerprint density at radius 3 is 2.57 bits per heavy atom. The molecule has 5 nitrogen and oxygen atoms in total. The highest BCUT2D eigenvalue weighted by atomic mass is 16.2. The summed E-state index contributed by atoms with van der Waals surface area (Å²) in [7, 11) is 1.73. The van der Waals surface area contributed by atoms with Crippen molar-refractivity contribution in [1.82, 2.24) is 9.55 Å². The second-order valence-electron chi connectivity index (χ2n) is 6.01. The summed E-state index contributed by atoms with van der Waals surface area (Å²) in [5.41, 5.74) is 1.51. The number of hydrogen-bond acceptors (Lipinski definition) is 3. The van der Waals surface area contributed by atoms with E-state index in [1.807, 2.05) is 39.8 Å². The number of nitrogens with one attached hydrogen (secondary N) is 1. The summed E-state index contributed by atoms with van der Waals surface area (Å²) in [6, 6.07) is 3.64. The van der Waals surface area contributed by atoms with E-state index in [9.17, 15) is 9.59 Å². The minimum atomic E-state index is -0.0521. The van der Waals surface area contributed by atoms with Crippen molar-refractivity contribution in [1.29, 1.82) is 0 Å². The molecule has 1 saturated carbocycles. The van der Waals surface area contributed by atoms with Crippen molar-refractivity contribution in [3.05, 3.63) is 34.2 Å². The first-order valence-corrected chi connectivity index (χ1v) is 8.28. The van der Waals surface area contributed by atoms with Gasteiger partial charge in [0, 0.05) is 19.2 Å². The van der Waals surface area contributed by atoms with Gasteiger partial charge in [0.05, 0.1) is 10.9 Å².